The monoisotopic (exact) mass is 305 g/mol. The molecule has 1 aromatic carbocycles. The molecule has 1 fully saturated rings. The van der Waals surface area contributed by atoms with Crippen molar-refractivity contribution in [3.8, 4) is 0 Å². The highest BCUT2D eigenvalue weighted by Gasteiger charge is 2.30. The van der Waals surface area contributed by atoms with E-state index in [0.29, 0.717) is 13.1 Å². The molecule has 120 valence electrons. The Balaban J connectivity index is 1.74. The van der Waals surface area contributed by atoms with Crippen LogP contribution in [0.5, 0.6) is 0 Å². The summed E-state index contributed by atoms with van der Waals surface area (Å²) in [4.78, 5) is 25.4. The molecule has 3 N–H and O–H groups in total. The minimum atomic E-state index is -0.509. The van der Waals surface area contributed by atoms with E-state index in [1.54, 1.807) is 11.8 Å². The van der Waals surface area contributed by atoms with E-state index < -0.39 is 12.1 Å². The molecule has 2 rings (SSSR count). The fraction of sp³-hybridized carbons (Fsp3) is 0.500. The fourth-order valence-corrected chi connectivity index (χ4v) is 2.57. The lowest BCUT2D eigenvalue weighted by atomic mass is 10.2. The molecule has 2 atom stereocenters. The molecule has 0 aliphatic carbocycles. The average Bonchev–Trinajstić information content (AvgIpc) is 2.99. The summed E-state index contributed by atoms with van der Waals surface area (Å²) in [5, 5.41) is 2.72. The lowest BCUT2D eigenvalue weighted by molar-refractivity contribution is -0.132. The van der Waals surface area contributed by atoms with Crippen molar-refractivity contribution < 1.29 is 14.3 Å². The van der Waals surface area contributed by atoms with E-state index in [0.717, 1.165) is 18.4 Å². The highest BCUT2D eigenvalue weighted by Crippen LogP contribution is 2.17. The van der Waals surface area contributed by atoms with Crippen LogP contribution in [0.2, 0.25) is 0 Å². The number of hydrogen-bond acceptors (Lipinski definition) is 4. The first kappa shape index (κ1) is 16.3. The third kappa shape index (κ3) is 4.46. The number of nitrogens with zero attached hydrogens (tertiary/aromatic N) is 1. The van der Waals surface area contributed by atoms with Crippen LogP contribution in [0.1, 0.15) is 25.3 Å². The molecule has 1 aliphatic heterocycles. The number of alkyl carbamates (subject to hydrolysis) is 1. The first-order valence-corrected chi connectivity index (χ1v) is 7.58. The van der Waals surface area contributed by atoms with Gasteiger partial charge in [0.05, 0.1) is 6.04 Å². The van der Waals surface area contributed by atoms with Crippen molar-refractivity contribution >= 4 is 12.0 Å². The summed E-state index contributed by atoms with van der Waals surface area (Å²) >= 11 is 0. The van der Waals surface area contributed by atoms with Crippen LogP contribution in [-0.4, -0.2) is 42.1 Å². The van der Waals surface area contributed by atoms with Crippen molar-refractivity contribution in [2.75, 3.05) is 13.1 Å². The second-order valence-electron chi connectivity index (χ2n) is 5.56. The third-order valence-electron chi connectivity index (χ3n) is 3.74. The highest BCUT2D eigenvalue weighted by atomic mass is 16.5. The molecule has 6 nitrogen and oxygen atoms in total. The highest BCUT2D eigenvalue weighted by molar-refractivity contribution is 5.81. The van der Waals surface area contributed by atoms with Gasteiger partial charge in [0, 0.05) is 19.1 Å². The second-order valence-corrected chi connectivity index (χ2v) is 5.56. The minimum Gasteiger partial charge on any atom is -0.445 e. The number of amides is 2. The van der Waals surface area contributed by atoms with Crippen LogP contribution in [0.25, 0.3) is 0 Å². The summed E-state index contributed by atoms with van der Waals surface area (Å²) < 4.78 is 5.15. The van der Waals surface area contributed by atoms with Gasteiger partial charge in [0.1, 0.15) is 6.61 Å². The van der Waals surface area contributed by atoms with E-state index in [-0.39, 0.29) is 18.6 Å². The number of benzene rings is 1. The van der Waals surface area contributed by atoms with E-state index in [1.807, 2.05) is 30.3 Å². The molecule has 1 heterocycles. The number of ether oxygens (including phenoxy) is 1. The molecule has 22 heavy (non-hydrogen) atoms. The van der Waals surface area contributed by atoms with Gasteiger partial charge in [-0.2, -0.15) is 0 Å². The quantitative estimate of drug-likeness (QED) is 0.857. The summed E-state index contributed by atoms with van der Waals surface area (Å²) in [6, 6.07) is 8.99. The largest absolute Gasteiger partial charge is 0.445 e. The van der Waals surface area contributed by atoms with Crippen LogP contribution in [0.15, 0.2) is 30.3 Å². The Morgan fingerprint density at radius 1 is 1.41 bits per heavy atom. The van der Waals surface area contributed by atoms with Crippen molar-refractivity contribution in [3.63, 3.8) is 0 Å². The maximum absolute atomic E-state index is 12.0. The second kappa shape index (κ2) is 7.79. The van der Waals surface area contributed by atoms with Gasteiger partial charge in [0.15, 0.2) is 0 Å². The van der Waals surface area contributed by atoms with Gasteiger partial charge in [0.25, 0.3) is 0 Å². The van der Waals surface area contributed by atoms with E-state index in [9.17, 15) is 9.59 Å². The SMILES string of the molecule is C[C@H](N)C(=O)N1CCCC1CNC(=O)OCc1ccccc1. The number of nitrogens with one attached hydrogen (secondary N) is 1. The Morgan fingerprint density at radius 3 is 2.82 bits per heavy atom. The van der Waals surface area contributed by atoms with Gasteiger partial charge in [-0.3, -0.25) is 4.79 Å². The third-order valence-corrected chi connectivity index (χ3v) is 3.74. The number of rotatable bonds is 5. The number of carbonyl (C=O) groups is 2. The first-order chi connectivity index (χ1) is 10.6. The molecule has 6 heteroatoms. The molecule has 1 unspecified atom stereocenters. The maximum atomic E-state index is 12.0. The molecular weight excluding hydrogens is 282 g/mol. The van der Waals surface area contributed by atoms with Crippen LogP contribution in [0.4, 0.5) is 4.79 Å². The van der Waals surface area contributed by atoms with Crippen LogP contribution in [0, 0.1) is 0 Å². The normalized spacial score (nSPS) is 18.8. The van der Waals surface area contributed by atoms with E-state index >= 15 is 0 Å². The number of likely N-dealkylation sites (tertiary alicyclic amines) is 1. The molecule has 0 aromatic heterocycles. The maximum Gasteiger partial charge on any atom is 0.407 e. The fourth-order valence-electron chi connectivity index (χ4n) is 2.57. The Bertz CT molecular complexity index is 505. The molecule has 0 spiro atoms. The van der Waals surface area contributed by atoms with Crippen molar-refractivity contribution in [1.82, 2.24) is 10.2 Å². The number of nitrogens with two attached hydrogens (primary N) is 1. The van der Waals surface area contributed by atoms with Crippen LogP contribution < -0.4 is 11.1 Å². The molecule has 1 aliphatic rings. The van der Waals surface area contributed by atoms with Crippen molar-refractivity contribution in [2.45, 2.75) is 38.5 Å². The molecule has 0 saturated carbocycles. The zero-order valence-electron chi connectivity index (χ0n) is 12.8. The van der Waals surface area contributed by atoms with Crippen molar-refractivity contribution in [2.24, 2.45) is 5.73 Å². The summed E-state index contributed by atoms with van der Waals surface area (Å²) in [5.74, 6) is -0.0676. The van der Waals surface area contributed by atoms with Gasteiger partial charge in [-0.1, -0.05) is 30.3 Å². The lowest BCUT2D eigenvalue weighted by Gasteiger charge is -2.26. The molecule has 1 saturated heterocycles. The number of hydrogen-bond donors (Lipinski definition) is 2. The Hall–Kier alpha value is -2.08. The summed E-state index contributed by atoms with van der Waals surface area (Å²) in [5.41, 5.74) is 6.58. The van der Waals surface area contributed by atoms with E-state index in [4.69, 9.17) is 10.5 Å². The summed E-state index contributed by atoms with van der Waals surface area (Å²) in [7, 11) is 0. The lowest BCUT2D eigenvalue weighted by Crippen LogP contribution is -2.48. The van der Waals surface area contributed by atoms with Crippen LogP contribution >= 0.6 is 0 Å². The molecule has 0 bridgehead atoms. The van der Waals surface area contributed by atoms with Gasteiger partial charge in [-0.25, -0.2) is 4.79 Å². The topological polar surface area (TPSA) is 84.7 Å². The predicted octanol–water partition coefficient (Wildman–Crippen LogP) is 1.25. The Kier molecular flexibility index (Phi) is 5.77. The van der Waals surface area contributed by atoms with Crippen LogP contribution in [-0.2, 0) is 16.1 Å². The number of carbonyl (C=O) groups excluding carboxylic acids is 2. The van der Waals surface area contributed by atoms with Crippen molar-refractivity contribution in [3.05, 3.63) is 35.9 Å². The Morgan fingerprint density at radius 2 is 2.14 bits per heavy atom. The smallest absolute Gasteiger partial charge is 0.407 e. The van der Waals surface area contributed by atoms with Crippen molar-refractivity contribution in [1.29, 1.82) is 0 Å². The van der Waals surface area contributed by atoms with Gasteiger partial charge < -0.3 is 20.7 Å². The van der Waals surface area contributed by atoms with Gasteiger partial charge in [-0.05, 0) is 25.3 Å². The van der Waals surface area contributed by atoms with E-state index in [2.05, 4.69) is 5.32 Å². The summed E-state index contributed by atoms with van der Waals surface area (Å²) in [6.07, 6.45) is 1.34. The predicted molar refractivity (Wildman–Crippen MR) is 83.0 cm³/mol. The molecule has 1 aromatic rings. The van der Waals surface area contributed by atoms with Gasteiger partial charge >= 0.3 is 6.09 Å². The molecule has 2 amide bonds. The van der Waals surface area contributed by atoms with E-state index in [1.165, 1.54) is 0 Å². The minimum absolute atomic E-state index is 0.00257. The zero-order chi connectivity index (χ0) is 15.9. The summed E-state index contributed by atoms with van der Waals surface area (Å²) in [6.45, 7) is 3.01. The zero-order valence-corrected chi connectivity index (χ0v) is 12.8. The van der Waals surface area contributed by atoms with Gasteiger partial charge in [-0.15, -0.1) is 0 Å². The first-order valence-electron chi connectivity index (χ1n) is 7.58. The Labute approximate surface area is 130 Å². The molecule has 0 radical (unpaired) electrons. The standard InChI is InChI=1S/C16H23N3O3/c1-12(17)15(20)19-9-5-8-14(19)10-18-16(21)22-11-13-6-3-2-4-7-13/h2-4,6-7,12,14H,5,8-11,17H2,1H3,(H,18,21)/t12-,14?/m0/s1. The molecular formula is C16H23N3O3. The van der Waals surface area contributed by atoms with Gasteiger partial charge in [0.2, 0.25) is 5.91 Å². The average molecular weight is 305 g/mol. The van der Waals surface area contributed by atoms with Crippen LogP contribution in [0.3, 0.4) is 0 Å².